The molecule has 33 valence electrons. The van der Waals surface area contributed by atoms with E-state index in [0.717, 1.165) is 12.0 Å². The summed E-state index contributed by atoms with van der Waals surface area (Å²) in [6, 6.07) is 0. The lowest BCUT2D eigenvalue weighted by Crippen LogP contribution is -1.63. The maximum Gasteiger partial charge on any atom is -0.0313 e. The molecule has 0 heteroatoms. The smallest absolute Gasteiger partial charge is 0.0313 e. The topological polar surface area (TPSA) is 0 Å². The Labute approximate surface area is 39.2 Å². The predicted octanol–water partition coefficient (Wildman–Crippen LogP) is 1.94. The Morgan fingerprint density at radius 3 is 2.50 bits per heavy atom. The summed E-state index contributed by atoms with van der Waals surface area (Å²) in [4.78, 5) is 0. The van der Waals surface area contributed by atoms with Crippen LogP contribution in [0.4, 0.5) is 0 Å². The zero-order valence-electron chi connectivity index (χ0n) is 4.07. The maximum absolute atomic E-state index is 5.06. The monoisotopic (exact) mass is 81.1 g/mol. The fourth-order valence-corrected chi connectivity index (χ4v) is 0.118. The zero-order chi connectivity index (χ0) is 4.99. The third kappa shape index (κ3) is 1.77. The van der Waals surface area contributed by atoms with E-state index in [1.54, 1.807) is 0 Å². The van der Waals surface area contributed by atoms with Gasteiger partial charge in [-0.25, -0.2) is 0 Å². The average Bonchev–Trinajstić information content (AvgIpc) is 1.65. The minimum atomic E-state index is 0.955. The molecule has 0 unspecified atom stereocenters. The van der Waals surface area contributed by atoms with E-state index in [9.17, 15) is 0 Å². The summed E-state index contributed by atoms with van der Waals surface area (Å²) in [7, 11) is 0. The highest BCUT2D eigenvalue weighted by Gasteiger charge is 1.73. The first-order chi connectivity index (χ1) is 2.81. The van der Waals surface area contributed by atoms with E-state index in [0.29, 0.717) is 0 Å². The van der Waals surface area contributed by atoms with Gasteiger partial charge in [0.15, 0.2) is 0 Å². The molecule has 0 amide bonds. The third-order valence-corrected chi connectivity index (χ3v) is 0.690. The van der Waals surface area contributed by atoms with Crippen LogP contribution in [0.1, 0.15) is 13.3 Å². The van der Waals surface area contributed by atoms with Crippen molar-refractivity contribution in [1.82, 2.24) is 0 Å². The second kappa shape index (κ2) is 2.70. The lowest BCUT2D eigenvalue weighted by Gasteiger charge is -1.83. The van der Waals surface area contributed by atoms with Crippen molar-refractivity contribution in [2.45, 2.75) is 13.3 Å². The molecule has 0 bridgehead atoms. The van der Waals surface area contributed by atoms with E-state index in [2.05, 4.69) is 6.58 Å². The van der Waals surface area contributed by atoms with Crippen LogP contribution in [0, 0.1) is 6.58 Å². The van der Waals surface area contributed by atoms with Crippen molar-refractivity contribution in [2.75, 3.05) is 0 Å². The number of hydrogen-bond donors (Lipinski definition) is 0. The molecule has 0 aromatic carbocycles. The average molecular weight is 81.1 g/mol. The van der Waals surface area contributed by atoms with Crippen molar-refractivity contribution >= 4 is 0 Å². The lowest BCUT2D eigenvalue weighted by atomic mass is 10.2. The summed E-state index contributed by atoms with van der Waals surface area (Å²) >= 11 is 0. The summed E-state index contributed by atoms with van der Waals surface area (Å²) < 4.78 is 0. The minimum absolute atomic E-state index is 0.955. The fourth-order valence-electron chi connectivity index (χ4n) is 0.118. The Hall–Kier alpha value is -0.520. The molecule has 0 aliphatic rings. The second-order valence-corrected chi connectivity index (χ2v) is 1.18. The van der Waals surface area contributed by atoms with E-state index in [4.69, 9.17) is 6.58 Å². The van der Waals surface area contributed by atoms with Gasteiger partial charge in [0.25, 0.3) is 0 Å². The Morgan fingerprint density at radius 2 is 2.50 bits per heavy atom. The first kappa shape index (κ1) is 5.48. The first-order valence-corrected chi connectivity index (χ1v) is 2.04. The SMILES string of the molecule is [CH]=CC(=C)CC. The summed E-state index contributed by atoms with van der Waals surface area (Å²) in [6.45, 7) is 10.7. The molecule has 0 nitrogen and oxygen atoms in total. The van der Waals surface area contributed by atoms with Crippen LogP contribution in [0.2, 0.25) is 0 Å². The van der Waals surface area contributed by atoms with Gasteiger partial charge in [-0.1, -0.05) is 31.7 Å². The molecule has 0 saturated heterocycles. The minimum Gasteiger partial charge on any atom is -0.0958 e. The molecule has 0 aromatic rings. The molecule has 0 aromatic heterocycles. The molecular weight excluding hydrogens is 72.1 g/mol. The summed E-state index contributed by atoms with van der Waals surface area (Å²) in [5.74, 6) is 0. The first-order valence-electron chi connectivity index (χ1n) is 2.04. The summed E-state index contributed by atoms with van der Waals surface area (Å²) in [5, 5.41) is 0. The fraction of sp³-hybridized carbons (Fsp3) is 0.333. The quantitative estimate of drug-likeness (QED) is 0.445. The highest BCUT2D eigenvalue weighted by Crippen LogP contribution is 1.93. The van der Waals surface area contributed by atoms with Crippen LogP contribution < -0.4 is 0 Å². The molecule has 0 aliphatic heterocycles. The normalized spacial score (nSPS) is 7.50. The Kier molecular flexibility index (Phi) is 2.47. The largest absolute Gasteiger partial charge is 0.0958 e. The molecule has 0 fully saturated rings. The lowest BCUT2D eigenvalue weighted by molar-refractivity contribution is 1.16. The van der Waals surface area contributed by atoms with Crippen molar-refractivity contribution in [3.8, 4) is 0 Å². The van der Waals surface area contributed by atoms with Gasteiger partial charge in [-0.2, -0.15) is 0 Å². The van der Waals surface area contributed by atoms with Gasteiger partial charge in [0.2, 0.25) is 0 Å². The van der Waals surface area contributed by atoms with E-state index in [1.807, 2.05) is 6.92 Å². The van der Waals surface area contributed by atoms with Gasteiger partial charge in [-0.3, -0.25) is 0 Å². The van der Waals surface area contributed by atoms with Crippen molar-refractivity contribution in [3.63, 3.8) is 0 Å². The standard InChI is InChI=1S/C6H9/c1-4-6(3)5-2/h1,4H,3,5H2,2H3. The van der Waals surface area contributed by atoms with Crippen LogP contribution in [0.25, 0.3) is 0 Å². The summed E-state index contributed by atoms with van der Waals surface area (Å²) in [6.07, 6.45) is 2.48. The van der Waals surface area contributed by atoms with Crippen molar-refractivity contribution in [1.29, 1.82) is 0 Å². The summed E-state index contributed by atoms with van der Waals surface area (Å²) in [5.41, 5.74) is 0.995. The molecule has 0 rings (SSSR count). The molecule has 0 aliphatic carbocycles. The predicted molar refractivity (Wildman–Crippen MR) is 28.3 cm³/mol. The molecular formula is C6H9. The van der Waals surface area contributed by atoms with E-state index < -0.39 is 0 Å². The van der Waals surface area contributed by atoms with Crippen LogP contribution in [0.15, 0.2) is 18.2 Å². The Bertz CT molecular complexity index is 60.4. The number of rotatable bonds is 2. The van der Waals surface area contributed by atoms with Crippen LogP contribution in [0.3, 0.4) is 0 Å². The Morgan fingerprint density at radius 1 is 2.00 bits per heavy atom. The van der Waals surface area contributed by atoms with Crippen LogP contribution >= 0.6 is 0 Å². The Balaban J connectivity index is 3.23. The van der Waals surface area contributed by atoms with Crippen molar-refractivity contribution in [3.05, 3.63) is 24.8 Å². The van der Waals surface area contributed by atoms with E-state index in [1.165, 1.54) is 6.08 Å². The highest BCUT2D eigenvalue weighted by atomic mass is 13.8. The molecule has 1 radical (unpaired) electrons. The van der Waals surface area contributed by atoms with E-state index in [-0.39, 0.29) is 0 Å². The van der Waals surface area contributed by atoms with Gasteiger partial charge in [-0.05, 0) is 6.42 Å². The van der Waals surface area contributed by atoms with Crippen LogP contribution in [-0.4, -0.2) is 0 Å². The molecule has 0 heterocycles. The third-order valence-electron chi connectivity index (χ3n) is 0.690. The maximum atomic E-state index is 5.06. The van der Waals surface area contributed by atoms with Crippen molar-refractivity contribution < 1.29 is 0 Å². The molecule has 0 atom stereocenters. The molecule has 6 heavy (non-hydrogen) atoms. The van der Waals surface area contributed by atoms with Crippen molar-refractivity contribution in [2.24, 2.45) is 0 Å². The van der Waals surface area contributed by atoms with Crippen LogP contribution in [-0.2, 0) is 0 Å². The molecule has 0 saturated carbocycles. The van der Waals surface area contributed by atoms with Gasteiger partial charge in [0.1, 0.15) is 0 Å². The van der Waals surface area contributed by atoms with Gasteiger partial charge in [-0.15, -0.1) is 0 Å². The number of allylic oxidation sites excluding steroid dienone is 2. The van der Waals surface area contributed by atoms with E-state index >= 15 is 0 Å². The second-order valence-electron chi connectivity index (χ2n) is 1.18. The molecule has 0 N–H and O–H groups in total. The number of hydrogen-bond acceptors (Lipinski definition) is 0. The van der Waals surface area contributed by atoms with Gasteiger partial charge in [0, 0.05) is 0 Å². The van der Waals surface area contributed by atoms with Gasteiger partial charge in [0.05, 0.1) is 0 Å². The zero-order valence-corrected chi connectivity index (χ0v) is 4.07. The molecule has 0 spiro atoms. The highest BCUT2D eigenvalue weighted by molar-refractivity contribution is 5.07. The van der Waals surface area contributed by atoms with Gasteiger partial charge < -0.3 is 0 Å². The van der Waals surface area contributed by atoms with Crippen LogP contribution in [0.5, 0.6) is 0 Å². The van der Waals surface area contributed by atoms with Gasteiger partial charge >= 0.3 is 0 Å².